The first-order valence-corrected chi connectivity index (χ1v) is 7.92. The predicted molar refractivity (Wildman–Crippen MR) is 82.4 cm³/mol. The quantitative estimate of drug-likeness (QED) is 0.745. The highest BCUT2D eigenvalue weighted by atomic mass is 16.5. The van der Waals surface area contributed by atoms with Gasteiger partial charge in [0.05, 0.1) is 19.3 Å². The van der Waals surface area contributed by atoms with E-state index in [-0.39, 0.29) is 12.0 Å². The minimum Gasteiger partial charge on any atom is -0.374 e. The van der Waals surface area contributed by atoms with Crippen molar-refractivity contribution in [2.75, 3.05) is 44.6 Å². The van der Waals surface area contributed by atoms with Crippen LogP contribution in [0.25, 0.3) is 0 Å². The van der Waals surface area contributed by atoms with E-state index in [0.717, 1.165) is 31.4 Å². The molecule has 1 aromatic heterocycles. The number of nitrogens with zero attached hydrogens (tertiary/aromatic N) is 3. The van der Waals surface area contributed by atoms with E-state index in [9.17, 15) is 4.79 Å². The van der Waals surface area contributed by atoms with Crippen LogP contribution in [0.4, 0.5) is 5.82 Å². The van der Waals surface area contributed by atoms with E-state index in [1.165, 1.54) is 12.8 Å². The molecule has 1 saturated carbocycles. The van der Waals surface area contributed by atoms with Gasteiger partial charge in [-0.25, -0.2) is 0 Å². The first-order chi connectivity index (χ1) is 10.8. The Balaban J connectivity index is 1.37. The lowest BCUT2D eigenvalue weighted by molar-refractivity contribution is -0.124. The first kappa shape index (κ1) is 15.2. The lowest BCUT2D eigenvalue weighted by Crippen LogP contribution is -2.49. The van der Waals surface area contributed by atoms with Gasteiger partial charge in [0.15, 0.2) is 0 Å². The van der Waals surface area contributed by atoms with Crippen molar-refractivity contribution < 1.29 is 9.53 Å². The Kier molecular flexibility index (Phi) is 5.18. The molecule has 0 radical (unpaired) electrons. The lowest BCUT2D eigenvalue weighted by Gasteiger charge is -2.32. The number of carbonyl (C=O) groups excluding carboxylic acids is 1. The summed E-state index contributed by atoms with van der Waals surface area (Å²) in [5.41, 5.74) is 0. The summed E-state index contributed by atoms with van der Waals surface area (Å²) in [5, 5.41) is 14.0. The van der Waals surface area contributed by atoms with Crippen LogP contribution in [0.5, 0.6) is 0 Å². The Hall–Kier alpha value is -1.73. The molecule has 1 atom stereocenters. The highest BCUT2D eigenvalue weighted by molar-refractivity contribution is 5.78. The number of hydrogen-bond donors (Lipinski definition) is 2. The van der Waals surface area contributed by atoms with Crippen LogP contribution in [0.1, 0.15) is 12.8 Å². The Morgan fingerprint density at radius 1 is 1.41 bits per heavy atom. The van der Waals surface area contributed by atoms with E-state index in [1.54, 1.807) is 6.20 Å². The van der Waals surface area contributed by atoms with Gasteiger partial charge in [-0.3, -0.25) is 9.69 Å². The van der Waals surface area contributed by atoms with Gasteiger partial charge in [-0.1, -0.05) is 0 Å². The van der Waals surface area contributed by atoms with Crippen LogP contribution in [0.3, 0.4) is 0 Å². The SMILES string of the molecule is O=C(CN1CCO[C@@H](CNc2cccnn2)C1)NCC1CC1. The molecule has 0 spiro atoms. The molecule has 0 bridgehead atoms. The largest absolute Gasteiger partial charge is 0.374 e. The molecule has 0 unspecified atom stereocenters. The molecule has 2 heterocycles. The van der Waals surface area contributed by atoms with Crippen molar-refractivity contribution in [1.29, 1.82) is 0 Å². The second kappa shape index (κ2) is 7.51. The number of amides is 1. The third kappa shape index (κ3) is 4.92. The summed E-state index contributed by atoms with van der Waals surface area (Å²) in [7, 11) is 0. The molecule has 0 aromatic carbocycles. The molecule has 3 rings (SSSR count). The molecule has 1 saturated heterocycles. The molecule has 2 N–H and O–H groups in total. The summed E-state index contributed by atoms with van der Waals surface area (Å²) in [6, 6.07) is 3.71. The van der Waals surface area contributed by atoms with Crippen molar-refractivity contribution in [3.8, 4) is 0 Å². The van der Waals surface area contributed by atoms with Gasteiger partial charge in [0, 0.05) is 32.4 Å². The Morgan fingerprint density at radius 3 is 3.09 bits per heavy atom. The van der Waals surface area contributed by atoms with Crippen molar-refractivity contribution >= 4 is 11.7 Å². The molecule has 2 aliphatic rings. The molecule has 7 heteroatoms. The van der Waals surface area contributed by atoms with E-state index in [0.29, 0.717) is 19.7 Å². The molecule has 1 aliphatic heterocycles. The van der Waals surface area contributed by atoms with Gasteiger partial charge in [-0.15, -0.1) is 5.10 Å². The van der Waals surface area contributed by atoms with E-state index >= 15 is 0 Å². The number of aromatic nitrogens is 2. The van der Waals surface area contributed by atoms with Crippen molar-refractivity contribution in [3.05, 3.63) is 18.3 Å². The average molecular weight is 305 g/mol. The average Bonchev–Trinajstić information content (AvgIpc) is 3.37. The number of hydrogen-bond acceptors (Lipinski definition) is 6. The predicted octanol–water partition coefficient (Wildman–Crippen LogP) is 0.116. The third-order valence-corrected chi connectivity index (χ3v) is 3.96. The van der Waals surface area contributed by atoms with Crippen molar-refractivity contribution in [2.24, 2.45) is 5.92 Å². The first-order valence-electron chi connectivity index (χ1n) is 7.92. The highest BCUT2D eigenvalue weighted by Crippen LogP contribution is 2.27. The summed E-state index contributed by atoms with van der Waals surface area (Å²) >= 11 is 0. The van der Waals surface area contributed by atoms with Gasteiger partial charge in [-0.2, -0.15) is 5.10 Å². The van der Waals surface area contributed by atoms with Gasteiger partial charge in [0.1, 0.15) is 5.82 Å². The molecule has 7 nitrogen and oxygen atoms in total. The number of anilines is 1. The fourth-order valence-electron chi connectivity index (χ4n) is 2.50. The summed E-state index contributed by atoms with van der Waals surface area (Å²) in [6.45, 7) is 4.17. The monoisotopic (exact) mass is 305 g/mol. The van der Waals surface area contributed by atoms with Crippen LogP contribution in [-0.2, 0) is 9.53 Å². The second-order valence-electron chi connectivity index (χ2n) is 5.97. The maximum Gasteiger partial charge on any atom is 0.234 e. The summed E-state index contributed by atoms with van der Waals surface area (Å²) < 4.78 is 5.74. The zero-order valence-corrected chi connectivity index (χ0v) is 12.7. The summed E-state index contributed by atoms with van der Waals surface area (Å²) in [4.78, 5) is 14.0. The molecular formula is C15H23N5O2. The highest BCUT2D eigenvalue weighted by Gasteiger charge is 2.24. The number of morpholine rings is 1. The van der Waals surface area contributed by atoms with Gasteiger partial charge in [-0.05, 0) is 30.9 Å². The normalized spacial score (nSPS) is 22.3. The van der Waals surface area contributed by atoms with Gasteiger partial charge in [0.2, 0.25) is 5.91 Å². The van der Waals surface area contributed by atoms with Crippen LogP contribution in [-0.4, -0.2) is 66.4 Å². The zero-order chi connectivity index (χ0) is 15.2. The van der Waals surface area contributed by atoms with Crippen molar-refractivity contribution in [3.63, 3.8) is 0 Å². The Morgan fingerprint density at radius 2 is 2.32 bits per heavy atom. The number of carbonyl (C=O) groups is 1. The molecule has 2 fully saturated rings. The van der Waals surface area contributed by atoms with Crippen molar-refractivity contribution in [1.82, 2.24) is 20.4 Å². The molecule has 22 heavy (non-hydrogen) atoms. The van der Waals surface area contributed by atoms with Crippen LogP contribution in [0, 0.1) is 5.92 Å². The summed E-state index contributed by atoms with van der Waals surface area (Å²) in [6.07, 6.45) is 4.22. The second-order valence-corrected chi connectivity index (χ2v) is 5.97. The van der Waals surface area contributed by atoms with Gasteiger partial charge >= 0.3 is 0 Å². The van der Waals surface area contributed by atoms with E-state index in [4.69, 9.17) is 4.74 Å². The number of rotatable bonds is 7. The smallest absolute Gasteiger partial charge is 0.234 e. The van der Waals surface area contributed by atoms with Crippen LogP contribution in [0.15, 0.2) is 18.3 Å². The fraction of sp³-hybridized carbons (Fsp3) is 0.667. The molecule has 1 aliphatic carbocycles. The van der Waals surface area contributed by atoms with Gasteiger partial charge in [0.25, 0.3) is 0 Å². The maximum absolute atomic E-state index is 11.9. The molecule has 1 amide bonds. The maximum atomic E-state index is 11.9. The van der Waals surface area contributed by atoms with Gasteiger partial charge < -0.3 is 15.4 Å². The zero-order valence-electron chi connectivity index (χ0n) is 12.7. The standard InChI is InChI=1S/C15H23N5O2/c21-15(17-8-12-3-4-12)11-20-6-7-22-13(10-20)9-16-14-2-1-5-18-19-14/h1-2,5,12-13H,3-4,6-11H2,(H,16,19)(H,17,21)/t13-/m0/s1. The minimum absolute atomic E-state index is 0.0620. The fourth-order valence-corrected chi connectivity index (χ4v) is 2.50. The van der Waals surface area contributed by atoms with Crippen LogP contribution >= 0.6 is 0 Å². The van der Waals surface area contributed by atoms with Crippen molar-refractivity contribution in [2.45, 2.75) is 18.9 Å². The lowest BCUT2D eigenvalue weighted by atomic mass is 10.2. The minimum atomic E-state index is 0.0620. The molecule has 1 aromatic rings. The number of nitrogens with one attached hydrogen (secondary N) is 2. The number of ether oxygens (including phenoxy) is 1. The van der Waals surface area contributed by atoms with E-state index in [1.807, 2.05) is 12.1 Å². The molecule has 120 valence electrons. The van der Waals surface area contributed by atoms with E-state index < -0.39 is 0 Å². The van der Waals surface area contributed by atoms with E-state index in [2.05, 4.69) is 25.7 Å². The molecular weight excluding hydrogens is 282 g/mol. The summed E-state index contributed by atoms with van der Waals surface area (Å²) in [5.74, 6) is 1.58. The Bertz CT molecular complexity index is 480. The third-order valence-electron chi connectivity index (χ3n) is 3.96. The van der Waals surface area contributed by atoms with Crippen LogP contribution < -0.4 is 10.6 Å². The van der Waals surface area contributed by atoms with Crippen LogP contribution in [0.2, 0.25) is 0 Å². The Labute approximate surface area is 130 Å². The topological polar surface area (TPSA) is 79.4 Å².